The summed E-state index contributed by atoms with van der Waals surface area (Å²) >= 11 is 5.19. The highest BCUT2D eigenvalue weighted by molar-refractivity contribution is 7.80. The van der Waals surface area contributed by atoms with Crippen molar-refractivity contribution < 1.29 is 19.0 Å². The van der Waals surface area contributed by atoms with E-state index in [9.17, 15) is 4.79 Å². The second kappa shape index (κ2) is 9.38. The van der Waals surface area contributed by atoms with Gasteiger partial charge in [-0.05, 0) is 42.0 Å². The standard InChI is InChI=1S/C18H19N3O4S/c1-23-15-9-8-14(10-16(15)24-2)20-18(26)21-19-11-12-4-6-13(7-5-12)17(22)25-3/h4-11H,1-3H3,(H2,20,21,26)/b19-11-. The Balaban J connectivity index is 1.92. The number of hydrazone groups is 1. The Bertz CT molecular complexity index is 807. The maximum absolute atomic E-state index is 11.4. The largest absolute Gasteiger partial charge is 0.493 e. The fraction of sp³-hybridized carbons (Fsp3) is 0.167. The number of carbonyl (C=O) groups excluding carboxylic acids is 1. The molecule has 2 aromatic carbocycles. The van der Waals surface area contributed by atoms with Crippen LogP contribution in [0.2, 0.25) is 0 Å². The van der Waals surface area contributed by atoms with Gasteiger partial charge in [0, 0.05) is 11.8 Å². The maximum atomic E-state index is 11.4. The fourth-order valence-electron chi connectivity index (χ4n) is 2.06. The molecular formula is C18H19N3O4S. The van der Waals surface area contributed by atoms with Crippen molar-refractivity contribution >= 4 is 35.2 Å². The molecule has 2 N–H and O–H groups in total. The molecule has 0 radical (unpaired) electrons. The summed E-state index contributed by atoms with van der Waals surface area (Å²) in [7, 11) is 4.48. The molecule has 0 aliphatic carbocycles. The lowest BCUT2D eigenvalue weighted by molar-refractivity contribution is 0.0600. The van der Waals surface area contributed by atoms with E-state index in [0.29, 0.717) is 22.2 Å². The molecule has 0 heterocycles. The summed E-state index contributed by atoms with van der Waals surface area (Å²) in [6.45, 7) is 0. The second-order valence-corrected chi connectivity index (χ2v) is 5.42. The van der Waals surface area contributed by atoms with Gasteiger partial charge in [0.2, 0.25) is 0 Å². The van der Waals surface area contributed by atoms with Crippen molar-refractivity contribution in [3.63, 3.8) is 0 Å². The van der Waals surface area contributed by atoms with Gasteiger partial charge in [0.1, 0.15) is 0 Å². The molecule has 0 unspecified atom stereocenters. The molecule has 0 spiro atoms. The molecule has 136 valence electrons. The van der Waals surface area contributed by atoms with Crippen molar-refractivity contribution in [2.24, 2.45) is 5.10 Å². The van der Waals surface area contributed by atoms with Crippen LogP contribution in [0, 0.1) is 0 Å². The Morgan fingerprint density at radius 2 is 1.73 bits per heavy atom. The molecule has 0 aliphatic rings. The Labute approximate surface area is 157 Å². The highest BCUT2D eigenvalue weighted by Crippen LogP contribution is 2.29. The quantitative estimate of drug-likeness (QED) is 0.349. The average Bonchev–Trinajstić information content (AvgIpc) is 2.67. The summed E-state index contributed by atoms with van der Waals surface area (Å²) in [5.74, 6) is 0.840. The summed E-state index contributed by atoms with van der Waals surface area (Å²) in [6, 6.07) is 12.2. The Hall–Kier alpha value is -3.13. The first-order chi connectivity index (χ1) is 12.6. The van der Waals surface area contributed by atoms with E-state index in [2.05, 4.69) is 20.6 Å². The van der Waals surface area contributed by atoms with Crippen LogP contribution < -0.4 is 20.2 Å². The number of benzene rings is 2. The number of rotatable bonds is 6. The van der Waals surface area contributed by atoms with Crippen molar-refractivity contribution in [1.82, 2.24) is 5.43 Å². The molecule has 0 amide bonds. The van der Waals surface area contributed by atoms with Crippen LogP contribution >= 0.6 is 12.2 Å². The number of nitrogens with one attached hydrogen (secondary N) is 2. The third-order valence-electron chi connectivity index (χ3n) is 3.35. The van der Waals surface area contributed by atoms with E-state index in [0.717, 1.165) is 11.3 Å². The summed E-state index contributed by atoms with van der Waals surface area (Å²) in [4.78, 5) is 11.4. The normalized spacial score (nSPS) is 10.3. The van der Waals surface area contributed by atoms with E-state index >= 15 is 0 Å². The lowest BCUT2D eigenvalue weighted by atomic mass is 10.1. The molecule has 8 heteroatoms. The molecule has 2 rings (SSSR count). The van der Waals surface area contributed by atoms with Gasteiger partial charge in [-0.15, -0.1) is 0 Å². The zero-order valence-corrected chi connectivity index (χ0v) is 15.4. The average molecular weight is 373 g/mol. The number of methoxy groups -OCH3 is 3. The van der Waals surface area contributed by atoms with Gasteiger partial charge in [0.15, 0.2) is 16.6 Å². The Morgan fingerprint density at radius 1 is 1.04 bits per heavy atom. The summed E-state index contributed by atoms with van der Waals surface area (Å²) in [5.41, 5.74) is 4.73. The third-order valence-corrected chi connectivity index (χ3v) is 3.55. The Morgan fingerprint density at radius 3 is 2.35 bits per heavy atom. The lowest BCUT2D eigenvalue weighted by Gasteiger charge is -2.11. The van der Waals surface area contributed by atoms with Gasteiger partial charge in [0.25, 0.3) is 0 Å². The van der Waals surface area contributed by atoms with Crippen LogP contribution in [0.4, 0.5) is 5.69 Å². The first-order valence-corrected chi connectivity index (χ1v) is 7.98. The van der Waals surface area contributed by atoms with Crippen molar-refractivity contribution in [3.05, 3.63) is 53.6 Å². The van der Waals surface area contributed by atoms with Gasteiger partial charge < -0.3 is 19.5 Å². The van der Waals surface area contributed by atoms with E-state index in [-0.39, 0.29) is 5.97 Å². The number of hydrogen-bond acceptors (Lipinski definition) is 6. The third kappa shape index (κ3) is 5.18. The molecule has 0 aromatic heterocycles. The van der Waals surface area contributed by atoms with E-state index in [1.165, 1.54) is 7.11 Å². The predicted molar refractivity (Wildman–Crippen MR) is 104 cm³/mol. The minimum atomic E-state index is -0.382. The highest BCUT2D eigenvalue weighted by Gasteiger charge is 2.05. The minimum absolute atomic E-state index is 0.319. The SMILES string of the molecule is COC(=O)c1ccc(/C=N\NC(=S)Nc2ccc(OC)c(OC)c2)cc1. The van der Waals surface area contributed by atoms with E-state index in [1.807, 2.05) is 6.07 Å². The summed E-state index contributed by atoms with van der Waals surface area (Å²) in [5, 5.41) is 7.37. The van der Waals surface area contributed by atoms with Crippen LogP contribution in [0.15, 0.2) is 47.6 Å². The first-order valence-electron chi connectivity index (χ1n) is 7.58. The van der Waals surface area contributed by atoms with Crippen molar-refractivity contribution in [2.75, 3.05) is 26.6 Å². The molecule has 0 saturated heterocycles. The number of nitrogens with zero attached hydrogens (tertiary/aromatic N) is 1. The second-order valence-electron chi connectivity index (χ2n) is 5.01. The molecule has 0 fully saturated rings. The van der Waals surface area contributed by atoms with Gasteiger partial charge in [0.05, 0.1) is 33.1 Å². The molecule has 0 atom stereocenters. The molecular weight excluding hydrogens is 354 g/mol. The van der Waals surface area contributed by atoms with E-state index in [1.54, 1.807) is 56.8 Å². The van der Waals surface area contributed by atoms with Gasteiger partial charge in [-0.1, -0.05) is 12.1 Å². The highest BCUT2D eigenvalue weighted by atomic mass is 32.1. The zero-order chi connectivity index (χ0) is 18.9. The molecule has 26 heavy (non-hydrogen) atoms. The summed E-state index contributed by atoms with van der Waals surface area (Å²) < 4.78 is 15.1. The molecule has 0 saturated carbocycles. The number of thiocarbonyl (C=S) groups is 1. The van der Waals surface area contributed by atoms with E-state index < -0.39 is 0 Å². The number of anilines is 1. The monoisotopic (exact) mass is 373 g/mol. The van der Waals surface area contributed by atoms with Gasteiger partial charge in [-0.2, -0.15) is 5.10 Å². The predicted octanol–water partition coefficient (Wildman–Crippen LogP) is 2.81. The number of ether oxygens (including phenoxy) is 3. The molecule has 7 nitrogen and oxygen atoms in total. The van der Waals surface area contributed by atoms with Crippen molar-refractivity contribution in [3.8, 4) is 11.5 Å². The van der Waals surface area contributed by atoms with Crippen LogP contribution in [0.25, 0.3) is 0 Å². The number of hydrogen-bond donors (Lipinski definition) is 2. The van der Waals surface area contributed by atoms with Crippen LogP contribution in [0.1, 0.15) is 15.9 Å². The van der Waals surface area contributed by atoms with Crippen molar-refractivity contribution in [1.29, 1.82) is 0 Å². The van der Waals surface area contributed by atoms with Gasteiger partial charge >= 0.3 is 5.97 Å². The maximum Gasteiger partial charge on any atom is 0.337 e. The topological polar surface area (TPSA) is 81.2 Å². The van der Waals surface area contributed by atoms with Crippen LogP contribution in [-0.2, 0) is 4.74 Å². The van der Waals surface area contributed by atoms with Gasteiger partial charge in [-0.3, -0.25) is 5.43 Å². The van der Waals surface area contributed by atoms with Gasteiger partial charge in [-0.25, -0.2) is 4.79 Å². The lowest BCUT2D eigenvalue weighted by Crippen LogP contribution is -2.23. The van der Waals surface area contributed by atoms with Crippen LogP contribution in [0.5, 0.6) is 11.5 Å². The van der Waals surface area contributed by atoms with Crippen molar-refractivity contribution in [2.45, 2.75) is 0 Å². The van der Waals surface area contributed by atoms with Crippen LogP contribution in [0.3, 0.4) is 0 Å². The summed E-state index contributed by atoms with van der Waals surface area (Å²) in [6.07, 6.45) is 1.59. The molecule has 0 aliphatic heterocycles. The molecule has 2 aromatic rings. The number of esters is 1. The first kappa shape index (κ1) is 19.2. The zero-order valence-electron chi connectivity index (χ0n) is 14.6. The Kier molecular flexibility index (Phi) is 6.92. The minimum Gasteiger partial charge on any atom is -0.493 e. The number of carbonyl (C=O) groups is 1. The van der Waals surface area contributed by atoms with Crippen LogP contribution in [-0.4, -0.2) is 38.6 Å². The molecule has 0 bridgehead atoms. The smallest absolute Gasteiger partial charge is 0.337 e. The fourth-order valence-corrected chi connectivity index (χ4v) is 2.23. The van der Waals surface area contributed by atoms with E-state index in [4.69, 9.17) is 21.7 Å².